The quantitative estimate of drug-likeness (QED) is 0.277. The molecule has 1 aliphatic heterocycles. The number of carbonyl (C=O) groups is 1. The summed E-state index contributed by atoms with van der Waals surface area (Å²) < 4.78 is 10.3. The van der Waals surface area contributed by atoms with Gasteiger partial charge in [0.1, 0.15) is 5.75 Å². The topological polar surface area (TPSA) is 65.6 Å². The molecule has 7 heteroatoms. The van der Waals surface area contributed by atoms with E-state index in [0.717, 1.165) is 39.0 Å². The molecular formula is C34H31N3O3S. The van der Waals surface area contributed by atoms with Crippen molar-refractivity contribution in [1.29, 1.82) is 0 Å². The van der Waals surface area contributed by atoms with E-state index >= 15 is 0 Å². The van der Waals surface area contributed by atoms with E-state index in [4.69, 9.17) is 9.73 Å². The molecule has 0 spiro atoms. The molecule has 0 aliphatic carbocycles. The number of Topliss-reactive ketones (excluding diaryl/α,β-unsaturated/α-hetero) is 1. The number of benzene rings is 3. The summed E-state index contributed by atoms with van der Waals surface area (Å²) in [6, 6.07) is 21.7. The molecule has 2 aromatic heterocycles. The fourth-order valence-electron chi connectivity index (χ4n) is 5.95. The summed E-state index contributed by atoms with van der Waals surface area (Å²) in [4.78, 5) is 32.7. The second-order valence-corrected chi connectivity index (χ2v) is 11.5. The normalized spacial score (nSPS) is 15.3. The van der Waals surface area contributed by atoms with E-state index < -0.39 is 6.04 Å². The van der Waals surface area contributed by atoms with Gasteiger partial charge < -0.3 is 9.30 Å². The lowest BCUT2D eigenvalue weighted by molar-refractivity contribution is -0.114. The Morgan fingerprint density at radius 3 is 2.44 bits per heavy atom. The van der Waals surface area contributed by atoms with Crippen LogP contribution in [-0.4, -0.2) is 22.0 Å². The number of fused-ring (bicyclic) bond motifs is 2. The Hall–Kier alpha value is -4.49. The SMILES string of the molecule is COc1ccc2ccccc2c1C1C(C(C)=O)=C(C)N=c2sc(=Cc3cc(C)n(-c4ccc(C)cc4)c3C)c(=O)n21. The summed E-state index contributed by atoms with van der Waals surface area (Å²) in [5, 5.41) is 1.94. The summed E-state index contributed by atoms with van der Waals surface area (Å²) in [6.45, 7) is 9.59. The smallest absolute Gasteiger partial charge is 0.271 e. The van der Waals surface area contributed by atoms with Gasteiger partial charge in [0.05, 0.1) is 17.7 Å². The molecule has 3 heterocycles. The molecule has 1 unspecified atom stereocenters. The highest BCUT2D eigenvalue weighted by atomic mass is 32.1. The molecule has 6 rings (SSSR count). The van der Waals surface area contributed by atoms with Crippen LogP contribution < -0.4 is 19.6 Å². The zero-order chi connectivity index (χ0) is 29.0. The molecule has 206 valence electrons. The Balaban J connectivity index is 1.60. The third kappa shape index (κ3) is 4.37. The monoisotopic (exact) mass is 561 g/mol. The average molecular weight is 562 g/mol. The van der Waals surface area contributed by atoms with Crippen LogP contribution in [0, 0.1) is 20.8 Å². The van der Waals surface area contributed by atoms with Crippen LogP contribution in [0.1, 0.15) is 48.0 Å². The van der Waals surface area contributed by atoms with Gasteiger partial charge in [-0.25, -0.2) is 4.99 Å². The van der Waals surface area contributed by atoms with Gasteiger partial charge in [-0.3, -0.25) is 14.2 Å². The lowest BCUT2D eigenvalue weighted by atomic mass is 9.89. The largest absolute Gasteiger partial charge is 0.496 e. The fourth-order valence-corrected chi connectivity index (χ4v) is 6.98. The van der Waals surface area contributed by atoms with Crippen LogP contribution >= 0.6 is 11.3 Å². The summed E-state index contributed by atoms with van der Waals surface area (Å²) in [6.07, 6.45) is 1.95. The molecule has 3 aromatic carbocycles. The van der Waals surface area contributed by atoms with E-state index in [2.05, 4.69) is 55.7 Å². The number of thiazole rings is 1. The van der Waals surface area contributed by atoms with E-state index in [-0.39, 0.29) is 11.3 Å². The Kier molecular flexibility index (Phi) is 6.62. The highest BCUT2D eigenvalue weighted by molar-refractivity contribution is 7.07. The second-order valence-electron chi connectivity index (χ2n) is 10.5. The Morgan fingerprint density at radius 1 is 1.00 bits per heavy atom. The van der Waals surface area contributed by atoms with Gasteiger partial charge in [0.2, 0.25) is 0 Å². The summed E-state index contributed by atoms with van der Waals surface area (Å²) in [5.74, 6) is 0.500. The van der Waals surface area contributed by atoms with Crippen molar-refractivity contribution < 1.29 is 9.53 Å². The van der Waals surface area contributed by atoms with Gasteiger partial charge in [-0.15, -0.1) is 0 Å². The van der Waals surface area contributed by atoms with Gasteiger partial charge >= 0.3 is 0 Å². The molecule has 0 fully saturated rings. The number of nitrogens with zero attached hydrogens (tertiary/aromatic N) is 3. The third-order valence-corrected chi connectivity index (χ3v) is 8.86. The molecular weight excluding hydrogens is 530 g/mol. The van der Waals surface area contributed by atoms with Crippen LogP contribution in [-0.2, 0) is 4.79 Å². The van der Waals surface area contributed by atoms with E-state index in [1.54, 1.807) is 11.7 Å². The number of rotatable bonds is 5. The first-order chi connectivity index (χ1) is 19.7. The van der Waals surface area contributed by atoms with Crippen LogP contribution in [0.3, 0.4) is 0 Å². The van der Waals surface area contributed by atoms with Crippen molar-refractivity contribution in [1.82, 2.24) is 9.13 Å². The molecule has 0 radical (unpaired) electrons. The van der Waals surface area contributed by atoms with Gasteiger partial charge in [0.25, 0.3) is 5.56 Å². The first-order valence-electron chi connectivity index (χ1n) is 13.5. The molecule has 41 heavy (non-hydrogen) atoms. The number of methoxy groups -OCH3 is 1. The van der Waals surface area contributed by atoms with Crippen LogP contribution in [0.25, 0.3) is 22.5 Å². The second kappa shape index (κ2) is 10.2. The van der Waals surface area contributed by atoms with E-state index in [1.807, 2.05) is 49.4 Å². The van der Waals surface area contributed by atoms with Gasteiger partial charge in [0, 0.05) is 33.9 Å². The number of ether oxygens (including phenoxy) is 1. The number of allylic oxidation sites excluding steroid dienone is 2. The zero-order valence-electron chi connectivity index (χ0n) is 24.0. The first-order valence-corrected chi connectivity index (χ1v) is 14.4. The maximum Gasteiger partial charge on any atom is 0.271 e. The van der Waals surface area contributed by atoms with Gasteiger partial charge in [-0.1, -0.05) is 59.4 Å². The fraction of sp³-hybridized carbons (Fsp3) is 0.206. The average Bonchev–Trinajstić information content (AvgIpc) is 3.41. The Labute approximate surface area is 242 Å². The first kappa shape index (κ1) is 26.7. The third-order valence-electron chi connectivity index (χ3n) is 7.87. The summed E-state index contributed by atoms with van der Waals surface area (Å²) in [7, 11) is 1.62. The lowest BCUT2D eigenvalue weighted by Crippen LogP contribution is -2.39. The van der Waals surface area contributed by atoms with E-state index in [9.17, 15) is 9.59 Å². The van der Waals surface area contributed by atoms with Gasteiger partial charge in [-0.2, -0.15) is 0 Å². The summed E-state index contributed by atoms with van der Waals surface area (Å²) >= 11 is 1.35. The van der Waals surface area contributed by atoms with Crippen molar-refractivity contribution in [3.63, 3.8) is 0 Å². The molecule has 0 bridgehead atoms. The number of hydrogen-bond donors (Lipinski definition) is 0. The van der Waals surface area contributed by atoms with Crippen LogP contribution in [0.15, 0.2) is 87.8 Å². The Morgan fingerprint density at radius 2 is 1.73 bits per heavy atom. The van der Waals surface area contributed by atoms with Crippen LogP contribution in [0.5, 0.6) is 5.75 Å². The number of aryl methyl sites for hydroxylation is 2. The molecule has 1 aliphatic rings. The molecule has 6 nitrogen and oxygen atoms in total. The number of ketones is 1. The van der Waals surface area contributed by atoms with E-state index in [1.165, 1.54) is 23.8 Å². The van der Waals surface area contributed by atoms with Crippen molar-refractivity contribution in [3.8, 4) is 11.4 Å². The summed E-state index contributed by atoms with van der Waals surface area (Å²) in [5.41, 5.74) is 7.10. The molecule has 1 atom stereocenters. The molecule has 0 amide bonds. The number of aromatic nitrogens is 2. The number of hydrogen-bond acceptors (Lipinski definition) is 5. The van der Waals surface area contributed by atoms with Crippen molar-refractivity contribution in [2.24, 2.45) is 4.99 Å². The molecule has 0 saturated carbocycles. The Bertz CT molecular complexity index is 2070. The van der Waals surface area contributed by atoms with Crippen molar-refractivity contribution in [3.05, 3.63) is 126 Å². The zero-order valence-corrected chi connectivity index (χ0v) is 24.8. The minimum atomic E-state index is -0.660. The van der Waals surface area contributed by atoms with Crippen LogP contribution in [0.2, 0.25) is 0 Å². The van der Waals surface area contributed by atoms with Crippen LogP contribution in [0.4, 0.5) is 0 Å². The standard InChI is InChI=1S/C34H31N3O3S/c1-19-11-14-26(15-12-19)36-20(2)17-25(22(36)4)18-29-33(39)37-32(30(23(5)38)21(3)35-34(37)41-29)31-27-10-8-7-9-24(27)13-16-28(31)40-6/h7-18,32H,1-6H3. The van der Waals surface area contributed by atoms with E-state index in [0.29, 0.717) is 26.4 Å². The highest BCUT2D eigenvalue weighted by Gasteiger charge is 2.33. The van der Waals surface area contributed by atoms with Gasteiger partial charge in [-0.05, 0) is 81.3 Å². The minimum Gasteiger partial charge on any atom is -0.496 e. The lowest BCUT2D eigenvalue weighted by Gasteiger charge is -2.27. The predicted molar refractivity (Wildman–Crippen MR) is 165 cm³/mol. The van der Waals surface area contributed by atoms with Crippen molar-refractivity contribution >= 4 is 34.0 Å². The molecule has 0 saturated heterocycles. The maximum atomic E-state index is 14.2. The molecule has 0 N–H and O–H groups in total. The minimum absolute atomic E-state index is 0.123. The van der Waals surface area contributed by atoms with Crippen molar-refractivity contribution in [2.45, 2.75) is 40.7 Å². The number of carbonyl (C=O) groups excluding carboxylic acids is 1. The van der Waals surface area contributed by atoms with Gasteiger partial charge in [0.15, 0.2) is 10.6 Å². The predicted octanol–water partition coefficient (Wildman–Crippen LogP) is 5.70. The highest BCUT2D eigenvalue weighted by Crippen LogP contribution is 2.40. The molecule has 5 aromatic rings. The van der Waals surface area contributed by atoms with Crippen molar-refractivity contribution in [2.75, 3.05) is 7.11 Å². The maximum absolute atomic E-state index is 14.2.